The molecule has 2 unspecified atom stereocenters. The third-order valence-corrected chi connectivity index (χ3v) is 3.64. The van der Waals surface area contributed by atoms with Gasteiger partial charge in [0.1, 0.15) is 0 Å². The van der Waals surface area contributed by atoms with E-state index in [0.717, 1.165) is 17.7 Å². The number of nitrogens with zero attached hydrogens (tertiary/aromatic N) is 1. The van der Waals surface area contributed by atoms with Crippen LogP contribution in [0.2, 0.25) is 0 Å². The maximum absolute atomic E-state index is 12.0. The first-order chi connectivity index (χ1) is 9.10. The highest BCUT2D eigenvalue weighted by molar-refractivity contribution is 5.89. The average molecular weight is 263 g/mol. The third kappa shape index (κ3) is 3.45. The van der Waals surface area contributed by atoms with Gasteiger partial charge in [0.25, 0.3) is 0 Å². The van der Waals surface area contributed by atoms with Crippen LogP contribution in [0.15, 0.2) is 24.3 Å². The number of carbonyl (C=O) groups is 1. The fraction of sp³-hybridized carbons (Fsp3) is 0.500. The number of hydrogen-bond donors (Lipinski definition) is 3. The fourth-order valence-corrected chi connectivity index (χ4v) is 2.29. The van der Waals surface area contributed by atoms with Crippen LogP contribution in [-0.2, 0) is 6.54 Å². The van der Waals surface area contributed by atoms with Crippen molar-refractivity contribution < 1.29 is 9.90 Å². The van der Waals surface area contributed by atoms with Crippen molar-refractivity contribution in [3.05, 3.63) is 29.8 Å². The molecule has 5 heteroatoms. The Hall–Kier alpha value is -1.59. The molecule has 1 heterocycles. The lowest BCUT2D eigenvalue weighted by Gasteiger charge is -2.18. The Kier molecular flexibility index (Phi) is 4.39. The number of urea groups is 1. The van der Waals surface area contributed by atoms with Crippen molar-refractivity contribution in [3.8, 4) is 0 Å². The molecular formula is C14H21N3O2. The van der Waals surface area contributed by atoms with E-state index in [1.807, 2.05) is 24.3 Å². The van der Waals surface area contributed by atoms with Crippen LogP contribution in [0.1, 0.15) is 18.9 Å². The summed E-state index contributed by atoms with van der Waals surface area (Å²) in [6, 6.07) is 7.39. The maximum atomic E-state index is 12.0. The van der Waals surface area contributed by atoms with Gasteiger partial charge in [0.2, 0.25) is 0 Å². The second kappa shape index (κ2) is 6.04. The highest BCUT2D eigenvalue weighted by Gasteiger charge is 2.28. The first kappa shape index (κ1) is 13.8. The standard InChI is InChI=1S/C14H21N3O2/c1-10(18)12-6-7-17(9-12)14(19)16-13-4-2-11(8-15)3-5-13/h2-5,10,12,18H,6-9,15H2,1H3,(H,16,19). The Labute approximate surface area is 113 Å². The van der Waals surface area contributed by atoms with Crippen molar-refractivity contribution in [1.29, 1.82) is 0 Å². The molecule has 1 aliphatic rings. The number of aliphatic hydroxyl groups is 1. The summed E-state index contributed by atoms with van der Waals surface area (Å²) in [4.78, 5) is 13.8. The van der Waals surface area contributed by atoms with Gasteiger partial charge >= 0.3 is 6.03 Å². The number of anilines is 1. The summed E-state index contributed by atoms with van der Waals surface area (Å²) in [6.07, 6.45) is 0.499. The maximum Gasteiger partial charge on any atom is 0.321 e. The molecule has 19 heavy (non-hydrogen) atoms. The van der Waals surface area contributed by atoms with Gasteiger partial charge in [0, 0.05) is 31.2 Å². The lowest BCUT2D eigenvalue weighted by molar-refractivity contribution is 0.130. The quantitative estimate of drug-likeness (QED) is 0.771. The summed E-state index contributed by atoms with van der Waals surface area (Å²) in [7, 11) is 0. The predicted octanol–water partition coefficient (Wildman–Crippen LogP) is 1.38. The van der Waals surface area contributed by atoms with E-state index in [-0.39, 0.29) is 18.1 Å². The number of amides is 2. The number of nitrogens with two attached hydrogens (primary N) is 1. The van der Waals surface area contributed by atoms with Crippen molar-refractivity contribution in [2.24, 2.45) is 11.7 Å². The second-order valence-corrected chi connectivity index (χ2v) is 5.07. The highest BCUT2D eigenvalue weighted by atomic mass is 16.3. The fourth-order valence-electron chi connectivity index (χ4n) is 2.29. The number of aliphatic hydroxyl groups excluding tert-OH is 1. The van der Waals surface area contributed by atoms with Crippen LogP contribution in [0.5, 0.6) is 0 Å². The lowest BCUT2D eigenvalue weighted by atomic mass is 10.0. The zero-order valence-corrected chi connectivity index (χ0v) is 11.2. The Morgan fingerprint density at radius 3 is 2.74 bits per heavy atom. The van der Waals surface area contributed by atoms with Crippen LogP contribution in [0, 0.1) is 5.92 Å². The summed E-state index contributed by atoms with van der Waals surface area (Å²) in [6.45, 7) is 3.58. The average Bonchev–Trinajstić information content (AvgIpc) is 2.89. The molecule has 1 aromatic carbocycles. The summed E-state index contributed by atoms with van der Waals surface area (Å²) >= 11 is 0. The molecule has 0 aromatic heterocycles. The van der Waals surface area contributed by atoms with Crippen LogP contribution in [0.3, 0.4) is 0 Å². The second-order valence-electron chi connectivity index (χ2n) is 5.07. The first-order valence-electron chi connectivity index (χ1n) is 6.63. The molecule has 0 saturated carbocycles. The van der Waals surface area contributed by atoms with E-state index in [1.165, 1.54) is 0 Å². The summed E-state index contributed by atoms with van der Waals surface area (Å²) in [5.41, 5.74) is 7.33. The summed E-state index contributed by atoms with van der Waals surface area (Å²) in [5.74, 6) is 0.186. The summed E-state index contributed by atoms with van der Waals surface area (Å²) < 4.78 is 0. The molecule has 4 N–H and O–H groups in total. The van der Waals surface area contributed by atoms with E-state index in [9.17, 15) is 9.90 Å². The number of rotatable bonds is 3. The molecule has 1 saturated heterocycles. The number of likely N-dealkylation sites (tertiary alicyclic amines) is 1. The van der Waals surface area contributed by atoms with Crippen LogP contribution in [-0.4, -0.2) is 35.2 Å². The van der Waals surface area contributed by atoms with Gasteiger partial charge in [-0.3, -0.25) is 0 Å². The van der Waals surface area contributed by atoms with Gasteiger partial charge in [0.15, 0.2) is 0 Å². The Morgan fingerprint density at radius 2 is 2.21 bits per heavy atom. The Bertz CT molecular complexity index is 431. The van der Waals surface area contributed by atoms with Gasteiger partial charge in [-0.05, 0) is 31.0 Å². The SMILES string of the molecule is CC(O)C1CCN(C(=O)Nc2ccc(CN)cc2)C1. The molecule has 1 aromatic rings. The van der Waals surface area contributed by atoms with Crippen LogP contribution < -0.4 is 11.1 Å². The lowest BCUT2D eigenvalue weighted by Crippen LogP contribution is -2.34. The van der Waals surface area contributed by atoms with Gasteiger partial charge < -0.3 is 21.1 Å². The molecule has 0 bridgehead atoms. The topological polar surface area (TPSA) is 78.6 Å². The molecule has 1 aliphatic heterocycles. The van der Waals surface area contributed by atoms with E-state index < -0.39 is 0 Å². The van der Waals surface area contributed by atoms with E-state index in [0.29, 0.717) is 19.6 Å². The molecule has 2 atom stereocenters. The molecule has 0 radical (unpaired) electrons. The van der Waals surface area contributed by atoms with E-state index in [1.54, 1.807) is 11.8 Å². The van der Waals surface area contributed by atoms with Crippen LogP contribution >= 0.6 is 0 Å². The van der Waals surface area contributed by atoms with Gasteiger partial charge in [-0.15, -0.1) is 0 Å². The van der Waals surface area contributed by atoms with Crippen LogP contribution in [0.4, 0.5) is 10.5 Å². The van der Waals surface area contributed by atoms with Crippen molar-refractivity contribution >= 4 is 11.7 Å². The zero-order valence-electron chi connectivity index (χ0n) is 11.2. The largest absolute Gasteiger partial charge is 0.393 e. The van der Waals surface area contributed by atoms with Gasteiger partial charge in [-0.25, -0.2) is 4.79 Å². The zero-order chi connectivity index (χ0) is 13.8. The summed E-state index contributed by atoms with van der Waals surface area (Å²) in [5, 5.41) is 12.4. The third-order valence-electron chi connectivity index (χ3n) is 3.64. The Morgan fingerprint density at radius 1 is 1.53 bits per heavy atom. The van der Waals surface area contributed by atoms with Crippen LogP contribution in [0.25, 0.3) is 0 Å². The van der Waals surface area contributed by atoms with Crippen molar-refractivity contribution in [2.45, 2.75) is 26.0 Å². The smallest absolute Gasteiger partial charge is 0.321 e. The minimum atomic E-state index is -0.360. The molecule has 104 valence electrons. The van der Waals surface area contributed by atoms with E-state index in [2.05, 4.69) is 5.32 Å². The molecule has 0 spiro atoms. The van der Waals surface area contributed by atoms with Gasteiger partial charge in [-0.2, -0.15) is 0 Å². The predicted molar refractivity (Wildman–Crippen MR) is 74.7 cm³/mol. The van der Waals surface area contributed by atoms with Crippen molar-refractivity contribution in [3.63, 3.8) is 0 Å². The number of benzene rings is 1. The number of carbonyl (C=O) groups excluding carboxylic acids is 1. The molecule has 2 rings (SSSR count). The van der Waals surface area contributed by atoms with Gasteiger partial charge in [-0.1, -0.05) is 12.1 Å². The number of nitrogens with one attached hydrogen (secondary N) is 1. The molecule has 0 aliphatic carbocycles. The minimum Gasteiger partial charge on any atom is -0.393 e. The van der Waals surface area contributed by atoms with E-state index in [4.69, 9.17) is 5.73 Å². The van der Waals surface area contributed by atoms with E-state index >= 15 is 0 Å². The first-order valence-corrected chi connectivity index (χ1v) is 6.63. The molecule has 2 amide bonds. The van der Waals surface area contributed by atoms with Crippen molar-refractivity contribution in [1.82, 2.24) is 4.90 Å². The number of hydrogen-bond acceptors (Lipinski definition) is 3. The van der Waals surface area contributed by atoms with Gasteiger partial charge in [0.05, 0.1) is 6.10 Å². The Balaban J connectivity index is 1.90. The minimum absolute atomic E-state index is 0.108. The molecular weight excluding hydrogens is 242 g/mol. The van der Waals surface area contributed by atoms with Crippen molar-refractivity contribution in [2.75, 3.05) is 18.4 Å². The molecule has 1 fully saturated rings. The highest BCUT2D eigenvalue weighted by Crippen LogP contribution is 2.20. The monoisotopic (exact) mass is 263 g/mol. The molecule has 5 nitrogen and oxygen atoms in total. The normalized spacial score (nSPS) is 20.4.